The molecule has 0 radical (unpaired) electrons. The third-order valence-corrected chi connectivity index (χ3v) is 3.29. The van der Waals surface area contributed by atoms with Crippen molar-refractivity contribution >= 4 is 6.09 Å². The minimum absolute atomic E-state index is 0.00696. The fourth-order valence-corrected chi connectivity index (χ4v) is 2.11. The predicted molar refractivity (Wildman–Crippen MR) is 88.6 cm³/mol. The Hall–Kier alpha value is -1.69. The van der Waals surface area contributed by atoms with Crippen molar-refractivity contribution in [3.05, 3.63) is 29.8 Å². The fourth-order valence-electron chi connectivity index (χ4n) is 2.11. The summed E-state index contributed by atoms with van der Waals surface area (Å²) in [6.45, 7) is 10.8. The number of ether oxygens (including phenoxy) is 1. The summed E-state index contributed by atoms with van der Waals surface area (Å²) >= 11 is 0. The van der Waals surface area contributed by atoms with Gasteiger partial charge < -0.3 is 15.0 Å². The van der Waals surface area contributed by atoms with Crippen molar-refractivity contribution in [3.8, 4) is 0 Å². The van der Waals surface area contributed by atoms with Gasteiger partial charge in [0.1, 0.15) is 11.4 Å². The van der Waals surface area contributed by atoms with Gasteiger partial charge in [-0.25, -0.2) is 9.18 Å². The number of nitrogens with zero attached hydrogens (tertiary/aromatic N) is 2. The van der Waals surface area contributed by atoms with E-state index in [1.807, 2.05) is 34.6 Å². The van der Waals surface area contributed by atoms with Crippen LogP contribution in [0.25, 0.3) is 0 Å². The molecule has 1 heterocycles. The van der Waals surface area contributed by atoms with Crippen LogP contribution in [-0.2, 0) is 4.74 Å². The summed E-state index contributed by atoms with van der Waals surface area (Å²) in [5.41, 5.74) is 0.309. The topological polar surface area (TPSA) is 54.5 Å². The van der Waals surface area contributed by atoms with Crippen LogP contribution in [0.4, 0.5) is 9.18 Å². The maximum absolute atomic E-state index is 13.2. The molecule has 0 aliphatic rings. The summed E-state index contributed by atoms with van der Waals surface area (Å²) in [6.07, 6.45) is 2.51. The summed E-state index contributed by atoms with van der Waals surface area (Å²) in [6, 6.07) is 1.47. The molecule has 0 saturated carbocycles. The summed E-state index contributed by atoms with van der Waals surface area (Å²) < 4.78 is 18.5. The lowest BCUT2D eigenvalue weighted by atomic mass is 10.1. The first kappa shape index (κ1) is 19.4. The van der Waals surface area contributed by atoms with Crippen LogP contribution >= 0.6 is 0 Å². The molecule has 130 valence electrons. The molecule has 0 aliphatic carbocycles. The molecule has 0 aliphatic heterocycles. The Morgan fingerprint density at radius 2 is 2.04 bits per heavy atom. The van der Waals surface area contributed by atoms with Gasteiger partial charge in [0.15, 0.2) is 0 Å². The van der Waals surface area contributed by atoms with E-state index in [9.17, 15) is 9.18 Å². The van der Waals surface area contributed by atoms with Crippen LogP contribution in [0.2, 0.25) is 0 Å². The van der Waals surface area contributed by atoms with E-state index in [4.69, 9.17) is 4.74 Å². The van der Waals surface area contributed by atoms with Crippen molar-refractivity contribution in [3.63, 3.8) is 0 Å². The molecule has 2 unspecified atom stereocenters. The predicted octanol–water partition coefficient (Wildman–Crippen LogP) is 3.37. The Kier molecular flexibility index (Phi) is 6.94. The van der Waals surface area contributed by atoms with Gasteiger partial charge in [-0.05, 0) is 51.8 Å². The van der Waals surface area contributed by atoms with Gasteiger partial charge >= 0.3 is 6.09 Å². The highest BCUT2D eigenvalue weighted by Crippen LogP contribution is 2.13. The molecule has 0 aromatic carbocycles. The number of nitrogens with one attached hydrogen (secondary N) is 1. The molecule has 0 fully saturated rings. The standard InChI is InChI=1S/C17H28FN3O2/c1-12(11-21(6)16(22)23-17(3,4)5)8-20-13(2)14-7-15(18)10-19-9-14/h7,9-10,12-13,20H,8,11H2,1-6H3. The van der Waals surface area contributed by atoms with Gasteiger partial charge in [-0.15, -0.1) is 0 Å². The molecular formula is C17H28FN3O2. The smallest absolute Gasteiger partial charge is 0.410 e. The first-order valence-electron chi connectivity index (χ1n) is 7.86. The molecule has 0 saturated heterocycles. The van der Waals surface area contributed by atoms with Gasteiger partial charge in [-0.3, -0.25) is 4.98 Å². The molecule has 23 heavy (non-hydrogen) atoms. The second-order valence-electron chi connectivity index (χ2n) is 7.03. The molecule has 0 spiro atoms. The van der Waals surface area contributed by atoms with Gasteiger partial charge in [0.25, 0.3) is 0 Å². The lowest BCUT2D eigenvalue weighted by Crippen LogP contribution is -2.38. The Balaban J connectivity index is 2.41. The number of halogens is 1. The van der Waals surface area contributed by atoms with Crippen molar-refractivity contribution in [2.45, 2.75) is 46.3 Å². The molecule has 2 atom stereocenters. The monoisotopic (exact) mass is 325 g/mol. The number of carbonyl (C=O) groups is 1. The van der Waals surface area contributed by atoms with Gasteiger partial charge in [0.2, 0.25) is 0 Å². The summed E-state index contributed by atoms with van der Waals surface area (Å²) in [5.74, 6) is -0.106. The van der Waals surface area contributed by atoms with Crippen molar-refractivity contribution < 1.29 is 13.9 Å². The molecular weight excluding hydrogens is 297 g/mol. The van der Waals surface area contributed by atoms with E-state index in [1.165, 1.54) is 12.3 Å². The van der Waals surface area contributed by atoms with Crippen LogP contribution in [0.15, 0.2) is 18.5 Å². The van der Waals surface area contributed by atoms with Crippen LogP contribution in [0.5, 0.6) is 0 Å². The normalized spacial score (nSPS) is 14.2. The first-order valence-corrected chi connectivity index (χ1v) is 7.86. The highest BCUT2D eigenvalue weighted by Gasteiger charge is 2.20. The largest absolute Gasteiger partial charge is 0.444 e. The van der Waals surface area contributed by atoms with E-state index >= 15 is 0 Å². The van der Waals surface area contributed by atoms with Crippen LogP contribution < -0.4 is 5.32 Å². The van der Waals surface area contributed by atoms with Crippen LogP contribution in [0.1, 0.15) is 46.2 Å². The van der Waals surface area contributed by atoms with Crippen molar-refractivity contribution in [2.75, 3.05) is 20.1 Å². The van der Waals surface area contributed by atoms with E-state index in [2.05, 4.69) is 10.3 Å². The zero-order chi connectivity index (χ0) is 17.6. The third-order valence-electron chi connectivity index (χ3n) is 3.29. The number of aromatic nitrogens is 1. The Morgan fingerprint density at radius 1 is 1.39 bits per heavy atom. The zero-order valence-corrected chi connectivity index (χ0v) is 14.9. The number of pyridine rings is 1. The van der Waals surface area contributed by atoms with Crippen molar-refractivity contribution in [1.29, 1.82) is 0 Å². The molecule has 1 N–H and O–H groups in total. The second kappa shape index (κ2) is 8.24. The summed E-state index contributed by atoms with van der Waals surface area (Å²) in [4.78, 5) is 17.4. The van der Waals surface area contributed by atoms with Gasteiger partial charge in [0, 0.05) is 25.8 Å². The van der Waals surface area contributed by atoms with E-state index in [0.29, 0.717) is 13.1 Å². The number of carbonyl (C=O) groups excluding carboxylic acids is 1. The Morgan fingerprint density at radius 3 is 2.61 bits per heavy atom. The minimum atomic E-state index is -0.494. The lowest BCUT2D eigenvalue weighted by Gasteiger charge is -2.27. The van der Waals surface area contributed by atoms with Crippen LogP contribution in [-0.4, -0.2) is 41.7 Å². The molecule has 6 heteroatoms. The van der Waals surface area contributed by atoms with Gasteiger partial charge in [0.05, 0.1) is 6.20 Å². The van der Waals surface area contributed by atoms with Crippen LogP contribution in [0.3, 0.4) is 0 Å². The zero-order valence-electron chi connectivity index (χ0n) is 14.9. The molecule has 0 bridgehead atoms. The minimum Gasteiger partial charge on any atom is -0.444 e. The van der Waals surface area contributed by atoms with Crippen LogP contribution in [0, 0.1) is 11.7 Å². The van der Waals surface area contributed by atoms with E-state index in [-0.39, 0.29) is 23.9 Å². The Labute approximate surface area is 138 Å². The Bertz CT molecular complexity index is 517. The summed E-state index contributed by atoms with van der Waals surface area (Å²) in [7, 11) is 1.73. The second-order valence-corrected chi connectivity index (χ2v) is 7.03. The average molecular weight is 325 g/mol. The summed E-state index contributed by atoms with van der Waals surface area (Å²) in [5, 5.41) is 3.33. The number of rotatable bonds is 6. The average Bonchev–Trinajstić information content (AvgIpc) is 2.42. The number of amides is 1. The molecule has 1 amide bonds. The SMILES string of the molecule is CC(CNC(C)c1cncc(F)c1)CN(C)C(=O)OC(C)(C)C. The maximum Gasteiger partial charge on any atom is 0.410 e. The highest BCUT2D eigenvalue weighted by molar-refractivity contribution is 5.67. The molecule has 1 rings (SSSR count). The fraction of sp³-hybridized carbons (Fsp3) is 0.647. The highest BCUT2D eigenvalue weighted by atomic mass is 19.1. The van der Waals surface area contributed by atoms with Gasteiger partial charge in [-0.2, -0.15) is 0 Å². The first-order chi connectivity index (χ1) is 10.6. The number of hydrogen-bond acceptors (Lipinski definition) is 4. The van der Waals surface area contributed by atoms with E-state index in [0.717, 1.165) is 5.56 Å². The molecule has 1 aromatic rings. The molecule has 1 aromatic heterocycles. The van der Waals surface area contributed by atoms with E-state index < -0.39 is 5.60 Å². The maximum atomic E-state index is 13.2. The number of hydrogen-bond donors (Lipinski definition) is 1. The van der Waals surface area contributed by atoms with Crippen molar-refractivity contribution in [2.24, 2.45) is 5.92 Å². The third kappa shape index (κ3) is 7.41. The molecule has 5 nitrogen and oxygen atoms in total. The van der Waals surface area contributed by atoms with Gasteiger partial charge in [-0.1, -0.05) is 6.92 Å². The quantitative estimate of drug-likeness (QED) is 0.871. The van der Waals surface area contributed by atoms with Crippen molar-refractivity contribution in [1.82, 2.24) is 15.2 Å². The lowest BCUT2D eigenvalue weighted by molar-refractivity contribution is 0.0276. The van der Waals surface area contributed by atoms with E-state index in [1.54, 1.807) is 18.1 Å².